The van der Waals surface area contributed by atoms with Crippen molar-refractivity contribution < 1.29 is 9.53 Å². The van der Waals surface area contributed by atoms with Gasteiger partial charge in [-0.15, -0.1) is 0 Å². The van der Waals surface area contributed by atoms with Gasteiger partial charge >= 0.3 is 5.69 Å². The van der Waals surface area contributed by atoms with Crippen molar-refractivity contribution in [3.8, 4) is 0 Å². The summed E-state index contributed by atoms with van der Waals surface area (Å²) in [7, 11) is 3.52. The third-order valence-electron chi connectivity index (χ3n) is 4.77. The maximum Gasteiger partial charge on any atom is 0.328 e. The van der Waals surface area contributed by atoms with Crippen LogP contribution in [-0.2, 0) is 23.6 Å². The minimum absolute atomic E-state index is 0.0108. The molecule has 1 amide bonds. The van der Waals surface area contributed by atoms with Crippen LogP contribution in [0.4, 0.5) is 11.4 Å². The van der Waals surface area contributed by atoms with Crippen LogP contribution in [0, 0.1) is 0 Å². The zero-order chi connectivity index (χ0) is 18.0. The standard InChI is InChI=1S/C18H26N4O3/c1-4-5-6-17(23)19-13-11-15-16(21(3)18(24)20(15)2)12-14(13)22-7-9-25-10-8-22/h11-12H,4-10H2,1-3H3,(H,19,23). The van der Waals surface area contributed by atoms with Crippen LogP contribution in [0.25, 0.3) is 11.0 Å². The third-order valence-corrected chi connectivity index (χ3v) is 4.77. The number of hydrogen-bond acceptors (Lipinski definition) is 4. The molecular weight excluding hydrogens is 320 g/mol. The molecular formula is C18H26N4O3. The highest BCUT2D eigenvalue weighted by Crippen LogP contribution is 2.31. The Balaban J connectivity index is 2.05. The predicted molar refractivity (Wildman–Crippen MR) is 99.3 cm³/mol. The van der Waals surface area contributed by atoms with Crippen LogP contribution in [0.3, 0.4) is 0 Å². The summed E-state index contributed by atoms with van der Waals surface area (Å²) in [6.45, 7) is 4.93. The fourth-order valence-electron chi connectivity index (χ4n) is 3.25. The number of aromatic nitrogens is 2. The molecule has 136 valence electrons. The normalized spacial score (nSPS) is 14.9. The molecule has 2 aromatic rings. The van der Waals surface area contributed by atoms with E-state index in [1.807, 2.05) is 12.1 Å². The molecule has 25 heavy (non-hydrogen) atoms. The van der Waals surface area contributed by atoms with E-state index in [-0.39, 0.29) is 11.6 Å². The second kappa shape index (κ2) is 7.31. The summed E-state index contributed by atoms with van der Waals surface area (Å²) in [4.78, 5) is 26.7. The maximum absolute atomic E-state index is 12.3. The number of benzene rings is 1. The van der Waals surface area contributed by atoms with Gasteiger partial charge in [0.2, 0.25) is 5.91 Å². The maximum atomic E-state index is 12.3. The second-order valence-electron chi connectivity index (χ2n) is 6.51. The van der Waals surface area contributed by atoms with Gasteiger partial charge in [0.1, 0.15) is 0 Å². The van der Waals surface area contributed by atoms with Gasteiger partial charge < -0.3 is 15.0 Å². The predicted octanol–water partition coefficient (Wildman–Crippen LogP) is 1.84. The third kappa shape index (κ3) is 3.42. The van der Waals surface area contributed by atoms with Crippen LogP contribution < -0.4 is 15.9 Å². The average Bonchev–Trinajstić information content (AvgIpc) is 2.84. The number of aryl methyl sites for hydroxylation is 2. The minimum atomic E-state index is -0.0719. The highest BCUT2D eigenvalue weighted by Gasteiger charge is 2.19. The van der Waals surface area contributed by atoms with Gasteiger partial charge in [-0.25, -0.2) is 4.79 Å². The Hall–Kier alpha value is -2.28. The fraction of sp³-hybridized carbons (Fsp3) is 0.556. The Morgan fingerprint density at radius 2 is 1.80 bits per heavy atom. The zero-order valence-electron chi connectivity index (χ0n) is 15.2. The van der Waals surface area contributed by atoms with Crippen molar-refractivity contribution in [1.29, 1.82) is 0 Å². The minimum Gasteiger partial charge on any atom is -0.378 e. The Morgan fingerprint density at radius 1 is 1.16 bits per heavy atom. The molecule has 1 aliphatic rings. The summed E-state index contributed by atoms with van der Waals surface area (Å²) in [5.74, 6) is 0.0108. The molecule has 7 heteroatoms. The number of hydrogen-bond donors (Lipinski definition) is 1. The van der Waals surface area contributed by atoms with Crippen LogP contribution in [0.2, 0.25) is 0 Å². The largest absolute Gasteiger partial charge is 0.378 e. The van der Waals surface area contributed by atoms with Crippen LogP contribution in [-0.4, -0.2) is 41.3 Å². The first-order valence-corrected chi connectivity index (χ1v) is 8.85. The Bertz CT molecular complexity index is 831. The van der Waals surface area contributed by atoms with Crippen molar-refractivity contribution in [2.24, 2.45) is 14.1 Å². The topological polar surface area (TPSA) is 68.5 Å². The van der Waals surface area contributed by atoms with Gasteiger partial charge in [-0.3, -0.25) is 13.9 Å². The molecule has 7 nitrogen and oxygen atoms in total. The first kappa shape index (κ1) is 17.5. The number of carbonyl (C=O) groups excluding carboxylic acids is 1. The first-order chi connectivity index (χ1) is 12.0. The van der Waals surface area contributed by atoms with Crippen molar-refractivity contribution in [3.63, 3.8) is 0 Å². The van der Waals surface area contributed by atoms with E-state index in [1.54, 1.807) is 23.2 Å². The van der Waals surface area contributed by atoms with Crippen LogP contribution in [0.15, 0.2) is 16.9 Å². The molecule has 1 aromatic heterocycles. The molecule has 0 unspecified atom stereocenters. The molecule has 1 aromatic carbocycles. The van der Waals surface area contributed by atoms with Gasteiger partial charge in [-0.2, -0.15) is 0 Å². The smallest absolute Gasteiger partial charge is 0.328 e. The number of amides is 1. The van der Waals surface area contributed by atoms with Gasteiger partial charge in [0.15, 0.2) is 0 Å². The van der Waals surface area contributed by atoms with E-state index in [9.17, 15) is 9.59 Å². The number of carbonyl (C=O) groups is 1. The van der Waals surface area contributed by atoms with Crippen molar-refractivity contribution >= 4 is 28.3 Å². The molecule has 0 saturated carbocycles. The summed E-state index contributed by atoms with van der Waals surface area (Å²) in [5.41, 5.74) is 3.31. The summed E-state index contributed by atoms with van der Waals surface area (Å²) < 4.78 is 8.69. The average molecular weight is 346 g/mol. The number of ether oxygens (including phenoxy) is 1. The summed E-state index contributed by atoms with van der Waals surface area (Å²) >= 11 is 0. The number of nitrogens with one attached hydrogen (secondary N) is 1. The monoisotopic (exact) mass is 346 g/mol. The summed E-state index contributed by atoms with van der Waals surface area (Å²) in [6.07, 6.45) is 2.35. The van der Waals surface area contributed by atoms with E-state index in [0.717, 1.165) is 48.3 Å². The van der Waals surface area contributed by atoms with E-state index in [4.69, 9.17) is 4.74 Å². The summed E-state index contributed by atoms with van der Waals surface area (Å²) in [6, 6.07) is 3.91. The number of rotatable bonds is 5. The fourth-order valence-corrected chi connectivity index (χ4v) is 3.25. The molecule has 1 saturated heterocycles. The van der Waals surface area contributed by atoms with Crippen molar-refractivity contribution in [2.45, 2.75) is 26.2 Å². The van der Waals surface area contributed by atoms with Crippen LogP contribution in [0.1, 0.15) is 26.2 Å². The van der Waals surface area contributed by atoms with E-state index < -0.39 is 0 Å². The Kier molecular flexibility index (Phi) is 5.13. The molecule has 0 atom stereocenters. The Morgan fingerprint density at radius 3 is 2.44 bits per heavy atom. The van der Waals surface area contributed by atoms with Crippen molar-refractivity contribution in [3.05, 3.63) is 22.6 Å². The molecule has 1 N–H and O–H groups in total. The molecule has 2 heterocycles. The quantitative estimate of drug-likeness (QED) is 0.897. The van der Waals surface area contributed by atoms with Gasteiger partial charge in [0.25, 0.3) is 0 Å². The van der Waals surface area contributed by atoms with E-state index in [2.05, 4.69) is 17.1 Å². The second-order valence-corrected chi connectivity index (χ2v) is 6.51. The van der Waals surface area contributed by atoms with Gasteiger partial charge in [-0.05, 0) is 18.6 Å². The molecule has 3 rings (SSSR count). The van der Waals surface area contributed by atoms with Crippen LogP contribution in [0.5, 0.6) is 0 Å². The van der Waals surface area contributed by atoms with Gasteiger partial charge in [0, 0.05) is 33.6 Å². The van der Waals surface area contributed by atoms with Crippen molar-refractivity contribution in [2.75, 3.05) is 36.5 Å². The highest BCUT2D eigenvalue weighted by atomic mass is 16.5. The molecule has 0 aliphatic carbocycles. The number of imidazole rings is 1. The molecule has 1 fully saturated rings. The van der Waals surface area contributed by atoms with Gasteiger partial charge in [-0.1, -0.05) is 13.3 Å². The zero-order valence-corrected chi connectivity index (χ0v) is 15.2. The molecule has 0 radical (unpaired) electrons. The lowest BCUT2D eigenvalue weighted by Gasteiger charge is -2.30. The molecule has 1 aliphatic heterocycles. The number of morpholine rings is 1. The summed E-state index contributed by atoms with van der Waals surface area (Å²) in [5, 5.41) is 3.04. The molecule has 0 bridgehead atoms. The first-order valence-electron chi connectivity index (χ1n) is 8.85. The number of fused-ring (bicyclic) bond motifs is 1. The van der Waals surface area contributed by atoms with Crippen molar-refractivity contribution in [1.82, 2.24) is 9.13 Å². The number of unbranched alkanes of at least 4 members (excludes halogenated alkanes) is 1. The molecule has 0 spiro atoms. The Labute approximate surface area is 147 Å². The lowest BCUT2D eigenvalue weighted by molar-refractivity contribution is -0.116. The lowest BCUT2D eigenvalue weighted by Crippen LogP contribution is -2.36. The highest BCUT2D eigenvalue weighted by molar-refractivity contribution is 5.98. The van der Waals surface area contributed by atoms with E-state index >= 15 is 0 Å². The number of anilines is 2. The van der Waals surface area contributed by atoms with E-state index in [1.165, 1.54) is 0 Å². The SMILES string of the molecule is CCCCC(=O)Nc1cc2c(cc1N1CCOCC1)n(C)c(=O)n2C. The van der Waals surface area contributed by atoms with Gasteiger partial charge in [0.05, 0.1) is 35.6 Å². The number of nitrogens with zero attached hydrogens (tertiary/aromatic N) is 3. The lowest BCUT2D eigenvalue weighted by atomic mass is 10.1. The van der Waals surface area contributed by atoms with Crippen LogP contribution >= 0.6 is 0 Å². The van der Waals surface area contributed by atoms with E-state index in [0.29, 0.717) is 19.6 Å².